The SMILES string of the molecule is CCN1CCC(CNCc2cc(Br)c(O)c(OC)c2)CC1. The van der Waals surface area contributed by atoms with Crippen molar-refractivity contribution >= 4 is 15.9 Å². The summed E-state index contributed by atoms with van der Waals surface area (Å²) in [5, 5.41) is 13.3. The van der Waals surface area contributed by atoms with Crippen LogP contribution in [0.1, 0.15) is 25.3 Å². The van der Waals surface area contributed by atoms with Crippen LogP contribution in [0, 0.1) is 5.92 Å². The topological polar surface area (TPSA) is 44.7 Å². The minimum Gasteiger partial charge on any atom is -0.503 e. The third-order valence-corrected chi connectivity index (χ3v) is 4.83. The van der Waals surface area contributed by atoms with Gasteiger partial charge < -0.3 is 20.1 Å². The van der Waals surface area contributed by atoms with Gasteiger partial charge in [-0.25, -0.2) is 0 Å². The Hall–Kier alpha value is -0.780. The van der Waals surface area contributed by atoms with E-state index in [1.165, 1.54) is 32.5 Å². The summed E-state index contributed by atoms with van der Waals surface area (Å²) < 4.78 is 5.85. The molecule has 0 aliphatic carbocycles. The van der Waals surface area contributed by atoms with E-state index < -0.39 is 0 Å². The zero-order valence-electron chi connectivity index (χ0n) is 12.9. The van der Waals surface area contributed by atoms with Crippen molar-refractivity contribution in [1.29, 1.82) is 0 Å². The van der Waals surface area contributed by atoms with Crippen molar-refractivity contribution in [3.05, 3.63) is 22.2 Å². The Bertz CT molecular complexity index is 460. The van der Waals surface area contributed by atoms with E-state index in [0.717, 1.165) is 24.6 Å². The highest BCUT2D eigenvalue weighted by Gasteiger charge is 2.17. The molecule has 21 heavy (non-hydrogen) atoms. The highest BCUT2D eigenvalue weighted by atomic mass is 79.9. The number of aromatic hydroxyl groups is 1. The fraction of sp³-hybridized carbons (Fsp3) is 0.625. The van der Waals surface area contributed by atoms with Gasteiger partial charge in [-0.3, -0.25) is 0 Å². The first kappa shape index (κ1) is 16.6. The first-order valence-electron chi connectivity index (χ1n) is 7.62. The zero-order valence-corrected chi connectivity index (χ0v) is 14.4. The first-order chi connectivity index (χ1) is 10.1. The molecule has 1 aliphatic rings. The van der Waals surface area contributed by atoms with E-state index in [-0.39, 0.29) is 5.75 Å². The number of hydrogen-bond donors (Lipinski definition) is 2. The maximum absolute atomic E-state index is 9.80. The van der Waals surface area contributed by atoms with Crippen LogP contribution in [-0.2, 0) is 6.54 Å². The standard InChI is InChI=1S/C16H25BrN2O2/c1-3-19-6-4-12(5-7-19)10-18-11-13-8-14(17)16(20)15(9-13)21-2/h8-9,12,18,20H,3-7,10-11H2,1-2H3. The lowest BCUT2D eigenvalue weighted by Gasteiger charge is -2.31. The Morgan fingerprint density at radius 3 is 2.71 bits per heavy atom. The van der Waals surface area contributed by atoms with Crippen LogP contribution in [0.25, 0.3) is 0 Å². The number of likely N-dealkylation sites (tertiary alicyclic amines) is 1. The number of halogens is 1. The van der Waals surface area contributed by atoms with Gasteiger partial charge in [-0.15, -0.1) is 0 Å². The van der Waals surface area contributed by atoms with Crippen LogP contribution < -0.4 is 10.1 Å². The molecule has 0 amide bonds. The van der Waals surface area contributed by atoms with E-state index >= 15 is 0 Å². The zero-order chi connectivity index (χ0) is 15.2. The molecule has 0 radical (unpaired) electrons. The maximum atomic E-state index is 9.80. The van der Waals surface area contributed by atoms with Crippen LogP contribution in [-0.4, -0.2) is 43.3 Å². The van der Waals surface area contributed by atoms with Gasteiger partial charge in [-0.1, -0.05) is 6.92 Å². The normalized spacial score (nSPS) is 17.1. The summed E-state index contributed by atoms with van der Waals surface area (Å²) in [6, 6.07) is 3.82. The van der Waals surface area contributed by atoms with Gasteiger partial charge in [-0.2, -0.15) is 0 Å². The molecule has 1 heterocycles. The fourth-order valence-corrected chi connectivity index (χ4v) is 3.30. The molecule has 1 saturated heterocycles. The molecule has 1 aliphatic heterocycles. The molecule has 4 nitrogen and oxygen atoms in total. The second-order valence-corrected chi connectivity index (χ2v) is 6.49. The lowest BCUT2D eigenvalue weighted by molar-refractivity contribution is 0.190. The highest BCUT2D eigenvalue weighted by molar-refractivity contribution is 9.10. The molecule has 0 atom stereocenters. The fourth-order valence-electron chi connectivity index (χ4n) is 2.81. The van der Waals surface area contributed by atoms with Crippen molar-refractivity contribution in [3.63, 3.8) is 0 Å². The van der Waals surface area contributed by atoms with Gasteiger partial charge in [0.15, 0.2) is 11.5 Å². The summed E-state index contributed by atoms with van der Waals surface area (Å²) in [6.07, 6.45) is 2.56. The summed E-state index contributed by atoms with van der Waals surface area (Å²) in [6.45, 7) is 7.70. The van der Waals surface area contributed by atoms with E-state index in [2.05, 4.69) is 33.1 Å². The Morgan fingerprint density at radius 2 is 2.10 bits per heavy atom. The summed E-state index contributed by atoms with van der Waals surface area (Å²) in [4.78, 5) is 2.51. The molecular formula is C16H25BrN2O2. The lowest BCUT2D eigenvalue weighted by atomic mass is 9.97. The first-order valence-corrected chi connectivity index (χ1v) is 8.41. The quantitative estimate of drug-likeness (QED) is 0.822. The van der Waals surface area contributed by atoms with Gasteiger partial charge in [0, 0.05) is 6.54 Å². The van der Waals surface area contributed by atoms with Crippen LogP contribution >= 0.6 is 15.9 Å². The van der Waals surface area contributed by atoms with Crippen LogP contribution in [0.15, 0.2) is 16.6 Å². The molecule has 2 rings (SSSR count). The molecule has 1 aromatic carbocycles. The Kier molecular flexibility index (Phi) is 6.33. The van der Waals surface area contributed by atoms with Crippen LogP contribution in [0.2, 0.25) is 0 Å². The van der Waals surface area contributed by atoms with Crippen molar-refractivity contribution in [2.75, 3.05) is 33.3 Å². The number of ether oxygens (including phenoxy) is 1. The molecule has 0 unspecified atom stereocenters. The van der Waals surface area contributed by atoms with Gasteiger partial charge in [-0.05, 0) is 78.6 Å². The molecule has 1 aromatic rings. The molecule has 1 fully saturated rings. The van der Waals surface area contributed by atoms with Gasteiger partial charge in [0.1, 0.15) is 0 Å². The van der Waals surface area contributed by atoms with E-state index in [1.807, 2.05) is 12.1 Å². The van der Waals surface area contributed by atoms with E-state index in [4.69, 9.17) is 4.74 Å². The average Bonchev–Trinajstić information content (AvgIpc) is 2.51. The summed E-state index contributed by atoms with van der Waals surface area (Å²) >= 11 is 3.36. The monoisotopic (exact) mass is 356 g/mol. The summed E-state index contributed by atoms with van der Waals surface area (Å²) in [5.41, 5.74) is 1.11. The van der Waals surface area contributed by atoms with Gasteiger partial charge >= 0.3 is 0 Å². The summed E-state index contributed by atoms with van der Waals surface area (Å²) in [7, 11) is 1.57. The van der Waals surface area contributed by atoms with E-state index in [1.54, 1.807) is 7.11 Å². The predicted octanol–water partition coefficient (Wildman–Crippen LogP) is 2.98. The second-order valence-electron chi connectivity index (χ2n) is 5.64. The van der Waals surface area contributed by atoms with Crippen molar-refractivity contribution < 1.29 is 9.84 Å². The van der Waals surface area contributed by atoms with Gasteiger partial charge in [0.2, 0.25) is 0 Å². The minimum atomic E-state index is 0.160. The maximum Gasteiger partial charge on any atom is 0.172 e. The number of nitrogens with one attached hydrogen (secondary N) is 1. The number of rotatable bonds is 6. The van der Waals surface area contributed by atoms with Gasteiger partial charge in [0.05, 0.1) is 11.6 Å². The van der Waals surface area contributed by atoms with Crippen molar-refractivity contribution in [3.8, 4) is 11.5 Å². The van der Waals surface area contributed by atoms with E-state index in [9.17, 15) is 5.11 Å². The highest BCUT2D eigenvalue weighted by Crippen LogP contribution is 2.35. The van der Waals surface area contributed by atoms with Crippen molar-refractivity contribution in [2.24, 2.45) is 5.92 Å². The number of benzene rings is 1. The summed E-state index contributed by atoms with van der Waals surface area (Å²) in [5.74, 6) is 1.45. The number of phenols is 1. The van der Waals surface area contributed by atoms with Crippen LogP contribution in [0.5, 0.6) is 11.5 Å². The molecule has 0 bridgehead atoms. The average molecular weight is 357 g/mol. The van der Waals surface area contributed by atoms with Crippen molar-refractivity contribution in [2.45, 2.75) is 26.3 Å². The lowest BCUT2D eigenvalue weighted by Crippen LogP contribution is -2.36. The Balaban J connectivity index is 1.80. The molecule has 0 spiro atoms. The third kappa shape index (κ3) is 4.59. The molecule has 118 valence electrons. The molecule has 5 heteroatoms. The second kappa shape index (κ2) is 8.01. The Morgan fingerprint density at radius 1 is 1.38 bits per heavy atom. The number of methoxy groups -OCH3 is 1. The van der Waals surface area contributed by atoms with Crippen LogP contribution in [0.4, 0.5) is 0 Å². The smallest absolute Gasteiger partial charge is 0.172 e. The largest absolute Gasteiger partial charge is 0.503 e. The molecule has 0 saturated carbocycles. The minimum absolute atomic E-state index is 0.160. The molecular weight excluding hydrogens is 332 g/mol. The third-order valence-electron chi connectivity index (χ3n) is 4.22. The van der Waals surface area contributed by atoms with E-state index in [0.29, 0.717) is 10.2 Å². The van der Waals surface area contributed by atoms with Crippen molar-refractivity contribution in [1.82, 2.24) is 10.2 Å². The van der Waals surface area contributed by atoms with Crippen LogP contribution in [0.3, 0.4) is 0 Å². The number of phenolic OH excluding ortho intramolecular Hbond substituents is 1. The van der Waals surface area contributed by atoms with Gasteiger partial charge in [0.25, 0.3) is 0 Å². The number of nitrogens with zero attached hydrogens (tertiary/aromatic N) is 1. The molecule has 0 aromatic heterocycles. The number of hydrogen-bond acceptors (Lipinski definition) is 4. The Labute approximate surface area is 135 Å². The number of piperidine rings is 1. The molecule has 2 N–H and O–H groups in total. The predicted molar refractivity (Wildman–Crippen MR) is 88.9 cm³/mol.